The summed E-state index contributed by atoms with van der Waals surface area (Å²) in [4.78, 5) is 23.8. The van der Waals surface area contributed by atoms with Gasteiger partial charge in [-0.2, -0.15) is 0 Å². The minimum atomic E-state index is -0.300. The summed E-state index contributed by atoms with van der Waals surface area (Å²) < 4.78 is 0. The molecule has 0 bridgehead atoms. The fraction of sp³-hybridized carbons (Fsp3) is 0.176. The third-order valence-corrected chi connectivity index (χ3v) is 3.67. The molecule has 0 spiro atoms. The predicted octanol–water partition coefficient (Wildman–Crippen LogP) is 3.33. The molecule has 2 aromatic rings. The number of carbonyl (C=O) groups is 2. The zero-order valence-electron chi connectivity index (χ0n) is 12.4. The summed E-state index contributed by atoms with van der Waals surface area (Å²) in [7, 11) is 0. The van der Waals surface area contributed by atoms with Crippen LogP contribution in [-0.2, 0) is 4.79 Å². The maximum Gasteiger partial charge on any atom is 0.251 e. The van der Waals surface area contributed by atoms with Crippen molar-refractivity contribution < 1.29 is 9.59 Å². The molecule has 0 saturated heterocycles. The minimum absolute atomic E-state index is 0.0985. The van der Waals surface area contributed by atoms with Crippen LogP contribution in [0.2, 0.25) is 5.02 Å². The maximum atomic E-state index is 11.9. The van der Waals surface area contributed by atoms with Crippen molar-refractivity contribution in [2.75, 3.05) is 11.9 Å². The fourth-order valence-electron chi connectivity index (χ4n) is 1.90. The second-order valence-corrected chi connectivity index (χ2v) is 5.42. The van der Waals surface area contributed by atoms with Gasteiger partial charge in [0.05, 0.1) is 6.54 Å². The summed E-state index contributed by atoms with van der Waals surface area (Å²) >= 11 is 6.00. The fourth-order valence-corrected chi connectivity index (χ4v) is 2.08. The van der Waals surface area contributed by atoms with Crippen molar-refractivity contribution >= 4 is 29.1 Å². The Hall–Kier alpha value is -2.33. The topological polar surface area (TPSA) is 58.2 Å². The lowest BCUT2D eigenvalue weighted by Gasteiger charge is -2.10. The van der Waals surface area contributed by atoms with E-state index in [1.807, 2.05) is 26.0 Å². The Labute approximate surface area is 134 Å². The van der Waals surface area contributed by atoms with Gasteiger partial charge in [-0.15, -0.1) is 0 Å². The lowest BCUT2D eigenvalue weighted by atomic mass is 10.1. The van der Waals surface area contributed by atoms with Gasteiger partial charge in [0.2, 0.25) is 5.91 Å². The standard InChI is InChI=1S/C17H17ClN2O2/c1-11-6-8-13(9-7-11)17(22)19-10-16(21)20-15-5-3-4-14(18)12(15)2/h3-9H,10H2,1-2H3,(H,19,22)(H,20,21). The number of hydrogen-bond donors (Lipinski definition) is 2. The first-order chi connectivity index (χ1) is 10.5. The molecule has 5 heteroatoms. The lowest BCUT2D eigenvalue weighted by Crippen LogP contribution is -2.33. The molecule has 2 aromatic carbocycles. The molecule has 22 heavy (non-hydrogen) atoms. The molecule has 0 aliphatic rings. The van der Waals surface area contributed by atoms with Crippen LogP contribution in [-0.4, -0.2) is 18.4 Å². The first-order valence-electron chi connectivity index (χ1n) is 6.87. The third-order valence-electron chi connectivity index (χ3n) is 3.27. The highest BCUT2D eigenvalue weighted by Gasteiger charge is 2.09. The number of halogens is 1. The van der Waals surface area contributed by atoms with E-state index in [1.54, 1.807) is 30.3 Å². The molecule has 2 amide bonds. The minimum Gasteiger partial charge on any atom is -0.343 e. The van der Waals surface area contributed by atoms with Crippen LogP contribution < -0.4 is 10.6 Å². The molecule has 114 valence electrons. The zero-order valence-corrected chi connectivity index (χ0v) is 13.2. The van der Waals surface area contributed by atoms with E-state index in [1.165, 1.54) is 0 Å². The van der Waals surface area contributed by atoms with Gasteiger partial charge in [0.15, 0.2) is 0 Å². The second-order valence-electron chi connectivity index (χ2n) is 5.01. The van der Waals surface area contributed by atoms with Crippen molar-refractivity contribution in [3.05, 3.63) is 64.2 Å². The van der Waals surface area contributed by atoms with Gasteiger partial charge in [0.25, 0.3) is 5.91 Å². The zero-order chi connectivity index (χ0) is 16.1. The van der Waals surface area contributed by atoms with Crippen molar-refractivity contribution in [2.24, 2.45) is 0 Å². The van der Waals surface area contributed by atoms with Crippen LogP contribution in [0.3, 0.4) is 0 Å². The summed E-state index contributed by atoms with van der Waals surface area (Å²) in [6, 6.07) is 12.4. The molecular weight excluding hydrogens is 300 g/mol. The molecule has 0 atom stereocenters. The van der Waals surface area contributed by atoms with Crippen LogP contribution in [0.25, 0.3) is 0 Å². The average Bonchev–Trinajstić information content (AvgIpc) is 2.50. The Morgan fingerprint density at radius 3 is 2.41 bits per heavy atom. The molecule has 0 heterocycles. The molecule has 0 fully saturated rings. The molecule has 0 aromatic heterocycles. The molecule has 4 nitrogen and oxygen atoms in total. The van der Waals surface area contributed by atoms with Gasteiger partial charge in [-0.25, -0.2) is 0 Å². The summed E-state index contributed by atoms with van der Waals surface area (Å²) in [6.07, 6.45) is 0. The van der Waals surface area contributed by atoms with Crippen molar-refractivity contribution in [3.8, 4) is 0 Å². The van der Waals surface area contributed by atoms with E-state index in [9.17, 15) is 9.59 Å². The highest BCUT2D eigenvalue weighted by Crippen LogP contribution is 2.22. The summed E-state index contributed by atoms with van der Waals surface area (Å²) in [5, 5.41) is 5.90. The molecule has 0 aliphatic heterocycles. The van der Waals surface area contributed by atoms with Gasteiger partial charge < -0.3 is 10.6 Å². The number of anilines is 1. The Bertz CT molecular complexity index is 696. The highest BCUT2D eigenvalue weighted by atomic mass is 35.5. The lowest BCUT2D eigenvalue weighted by molar-refractivity contribution is -0.115. The molecule has 0 unspecified atom stereocenters. The number of rotatable bonds is 4. The monoisotopic (exact) mass is 316 g/mol. The molecule has 0 radical (unpaired) electrons. The number of hydrogen-bond acceptors (Lipinski definition) is 2. The molecule has 2 rings (SSSR count). The molecular formula is C17H17ClN2O2. The van der Waals surface area contributed by atoms with Crippen LogP contribution in [0, 0.1) is 13.8 Å². The smallest absolute Gasteiger partial charge is 0.251 e. The molecule has 0 saturated carbocycles. The predicted molar refractivity (Wildman–Crippen MR) is 88.3 cm³/mol. The van der Waals surface area contributed by atoms with Gasteiger partial charge in [-0.3, -0.25) is 9.59 Å². The number of amides is 2. The summed E-state index contributed by atoms with van der Waals surface area (Å²) in [5.41, 5.74) is 3.03. The van der Waals surface area contributed by atoms with E-state index in [0.29, 0.717) is 16.3 Å². The SMILES string of the molecule is Cc1ccc(C(=O)NCC(=O)Nc2cccc(Cl)c2C)cc1. The largest absolute Gasteiger partial charge is 0.343 e. The van der Waals surface area contributed by atoms with Crippen LogP contribution in [0.15, 0.2) is 42.5 Å². The Kier molecular flexibility index (Phi) is 5.17. The van der Waals surface area contributed by atoms with Crippen LogP contribution in [0.4, 0.5) is 5.69 Å². The van der Waals surface area contributed by atoms with E-state index in [4.69, 9.17) is 11.6 Å². The number of aryl methyl sites for hydroxylation is 1. The molecule has 2 N–H and O–H groups in total. The van der Waals surface area contributed by atoms with Crippen molar-refractivity contribution in [1.29, 1.82) is 0 Å². The van der Waals surface area contributed by atoms with E-state index < -0.39 is 0 Å². The normalized spacial score (nSPS) is 10.1. The van der Waals surface area contributed by atoms with Crippen LogP contribution >= 0.6 is 11.6 Å². The first kappa shape index (κ1) is 16.0. The van der Waals surface area contributed by atoms with Crippen LogP contribution in [0.5, 0.6) is 0 Å². The van der Waals surface area contributed by atoms with Crippen molar-refractivity contribution in [1.82, 2.24) is 5.32 Å². The van der Waals surface area contributed by atoms with Crippen LogP contribution in [0.1, 0.15) is 21.5 Å². The second kappa shape index (κ2) is 7.09. The van der Waals surface area contributed by atoms with Crippen molar-refractivity contribution in [3.63, 3.8) is 0 Å². The Morgan fingerprint density at radius 2 is 1.73 bits per heavy atom. The van der Waals surface area contributed by atoms with Gasteiger partial charge in [0.1, 0.15) is 0 Å². The Morgan fingerprint density at radius 1 is 1.05 bits per heavy atom. The van der Waals surface area contributed by atoms with Gasteiger partial charge >= 0.3 is 0 Å². The van der Waals surface area contributed by atoms with E-state index in [-0.39, 0.29) is 18.4 Å². The van der Waals surface area contributed by atoms with Gasteiger partial charge in [-0.1, -0.05) is 35.4 Å². The number of benzene rings is 2. The van der Waals surface area contributed by atoms with E-state index in [2.05, 4.69) is 10.6 Å². The average molecular weight is 317 g/mol. The Balaban J connectivity index is 1.91. The maximum absolute atomic E-state index is 11.9. The third kappa shape index (κ3) is 4.09. The summed E-state index contributed by atoms with van der Waals surface area (Å²) in [6.45, 7) is 3.67. The summed E-state index contributed by atoms with van der Waals surface area (Å²) in [5.74, 6) is -0.580. The van der Waals surface area contributed by atoms with Gasteiger partial charge in [-0.05, 0) is 43.7 Å². The number of nitrogens with one attached hydrogen (secondary N) is 2. The van der Waals surface area contributed by atoms with E-state index >= 15 is 0 Å². The first-order valence-corrected chi connectivity index (χ1v) is 7.25. The quantitative estimate of drug-likeness (QED) is 0.909. The van der Waals surface area contributed by atoms with Crippen molar-refractivity contribution in [2.45, 2.75) is 13.8 Å². The molecule has 0 aliphatic carbocycles. The van der Waals surface area contributed by atoms with Gasteiger partial charge in [0, 0.05) is 16.3 Å². The number of carbonyl (C=O) groups excluding carboxylic acids is 2. The highest BCUT2D eigenvalue weighted by molar-refractivity contribution is 6.31. The van der Waals surface area contributed by atoms with E-state index in [0.717, 1.165) is 11.1 Å².